The fourth-order valence-electron chi connectivity index (χ4n) is 2.92. The van der Waals surface area contributed by atoms with Gasteiger partial charge in [0.2, 0.25) is 0 Å². The monoisotopic (exact) mass is 504 g/mol. The van der Waals surface area contributed by atoms with Gasteiger partial charge in [0.05, 0.1) is 22.2 Å². The molecule has 0 atom stereocenters. The summed E-state index contributed by atoms with van der Waals surface area (Å²) in [5, 5.41) is 9.45. The van der Waals surface area contributed by atoms with Crippen molar-refractivity contribution in [1.29, 1.82) is 0 Å². The van der Waals surface area contributed by atoms with E-state index in [2.05, 4.69) is 22.9 Å². The van der Waals surface area contributed by atoms with Crippen molar-refractivity contribution in [1.82, 2.24) is 4.90 Å². The third-order valence-electron chi connectivity index (χ3n) is 4.48. The first kappa shape index (κ1) is 22.9. The number of halogens is 1. The third-order valence-corrected chi connectivity index (χ3v) is 6.13. The Hall–Kier alpha value is -2.78. The van der Waals surface area contributed by atoms with Crippen LogP contribution in [0.15, 0.2) is 50.8 Å². The number of ether oxygens (including phenoxy) is 2. The van der Waals surface area contributed by atoms with Crippen LogP contribution in [0, 0.1) is 0 Å². The molecule has 1 heterocycles. The summed E-state index contributed by atoms with van der Waals surface area (Å²) >= 11 is 4.68. The van der Waals surface area contributed by atoms with Gasteiger partial charge in [-0.2, -0.15) is 0 Å². The predicted molar refractivity (Wildman–Crippen MR) is 125 cm³/mol. The van der Waals surface area contributed by atoms with Gasteiger partial charge in [0.25, 0.3) is 5.91 Å². The first-order valence-corrected chi connectivity index (χ1v) is 11.0. The van der Waals surface area contributed by atoms with E-state index in [1.165, 1.54) is 23.8 Å². The van der Waals surface area contributed by atoms with E-state index in [0.29, 0.717) is 25.9 Å². The lowest BCUT2D eigenvalue weighted by molar-refractivity contribution is -0.139. The molecule has 1 aliphatic heterocycles. The molecule has 1 amide bonds. The normalized spacial score (nSPS) is 16.3. The van der Waals surface area contributed by atoms with Gasteiger partial charge in [-0.15, -0.1) is 0 Å². The van der Waals surface area contributed by atoms with E-state index in [-0.39, 0.29) is 11.7 Å². The van der Waals surface area contributed by atoms with Gasteiger partial charge >= 0.3 is 5.97 Å². The largest absolute Gasteiger partial charge is 0.493 e. The van der Waals surface area contributed by atoms with Gasteiger partial charge < -0.3 is 14.6 Å². The summed E-state index contributed by atoms with van der Waals surface area (Å²) in [4.78, 5) is 30.3. The molecule has 1 saturated heterocycles. The topological polar surface area (TPSA) is 88.4 Å². The number of thioether (sulfide) groups is 1. The number of methoxy groups -OCH3 is 1. The fraction of sp³-hybridized carbons (Fsp3) is 0.227. The molecular formula is C22H21BrN2O5S. The number of nitrogens with zero attached hydrogens (tertiary/aromatic N) is 2. The number of amidine groups is 1. The number of carboxylic acid groups (broad SMARTS) is 1. The smallest absolute Gasteiger partial charge is 0.341 e. The highest BCUT2D eigenvalue weighted by atomic mass is 79.9. The number of carboxylic acids is 1. The fourth-order valence-corrected chi connectivity index (χ4v) is 4.48. The number of hydrogen-bond acceptors (Lipinski definition) is 6. The number of aliphatic imine (C=N–C) groups is 1. The number of benzene rings is 2. The molecule has 0 spiro atoms. The molecule has 1 aliphatic rings. The number of likely N-dealkylation sites (N-methyl/N-ethyl adjacent to an activating group) is 1. The summed E-state index contributed by atoms with van der Waals surface area (Å²) < 4.78 is 11.2. The molecule has 1 fully saturated rings. The van der Waals surface area contributed by atoms with E-state index in [0.717, 1.165) is 17.7 Å². The second-order valence-corrected chi connectivity index (χ2v) is 8.43. The summed E-state index contributed by atoms with van der Waals surface area (Å²) in [6.07, 6.45) is 2.59. The molecule has 162 valence electrons. The van der Waals surface area contributed by atoms with E-state index in [1.54, 1.807) is 25.3 Å². The summed E-state index contributed by atoms with van der Waals surface area (Å²) in [7, 11) is 3.16. The van der Waals surface area contributed by atoms with Gasteiger partial charge in [0.1, 0.15) is 0 Å². The van der Waals surface area contributed by atoms with Crippen LogP contribution in [-0.4, -0.2) is 47.8 Å². The molecule has 2 aromatic carbocycles. The molecule has 7 nitrogen and oxygen atoms in total. The van der Waals surface area contributed by atoms with E-state index in [4.69, 9.17) is 19.6 Å². The van der Waals surface area contributed by atoms with Gasteiger partial charge in [-0.1, -0.05) is 25.1 Å². The van der Waals surface area contributed by atoms with E-state index < -0.39 is 12.6 Å². The minimum atomic E-state index is -1.09. The van der Waals surface area contributed by atoms with Crippen molar-refractivity contribution >= 4 is 56.5 Å². The minimum Gasteiger partial charge on any atom is -0.493 e. The standard InChI is InChI=1S/C22H21BrN2O5S/c1-4-14-7-5-6-8-16(14)24-22-25(2)21(28)18(31-22)11-13-9-15(23)20(17(10-13)29-3)30-12-19(26)27/h5-11H,4,12H2,1-3H3,(H,26,27)/b18-11+,24-22?. The van der Waals surface area contributed by atoms with Crippen molar-refractivity contribution in [2.45, 2.75) is 13.3 Å². The quantitative estimate of drug-likeness (QED) is 0.548. The van der Waals surface area contributed by atoms with Crippen LogP contribution in [-0.2, 0) is 16.0 Å². The summed E-state index contributed by atoms with van der Waals surface area (Å²) in [6, 6.07) is 11.3. The highest BCUT2D eigenvalue weighted by Crippen LogP contribution is 2.39. The predicted octanol–water partition coefficient (Wildman–Crippen LogP) is 4.72. The minimum absolute atomic E-state index is 0.154. The average molecular weight is 505 g/mol. The average Bonchev–Trinajstić information content (AvgIpc) is 3.00. The summed E-state index contributed by atoms with van der Waals surface area (Å²) in [5.74, 6) is -0.600. The SMILES string of the molecule is CCc1ccccc1N=C1S/C(=C/c2cc(Br)c(OCC(=O)O)c(OC)c2)C(=O)N1C. The van der Waals surface area contributed by atoms with Crippen LogP contribution >= 0.6 is 27.7 Å². The number of aliphatic carboxylic acids is 1. The van der Waals surface area contributed by atoms with Crippen molar-refractivity contribution in [2.24, 2.45) is 4.99 Å². The Kier molecular flexibility index (Phi) is 7.40. The van der Waals surface area contributed by atoms with Crippen LogP contribution in [0.3, 0.4) is 0 Å². The Bertz CT molecular complexity index is 1080. The van der Waals surface area contributed by atoms with Crippen LogP contribution in [0.5, 0.6) is 11.5 Å². The van der Waals surface area contributed by atoms with E-state index >= 15 is 0 Å². The molecule has 0 bridgehead atoms. The van der Waals surface area contributed by atoms with E-state index in [9.17, 15) is 9.59 Å². The van der Waals surface area contributed by atoms with Crippen molar-refractivity contribution in [3.8, 4) is 11.5 Å². The molecule has 2 aromatic rings. The Labute approximate surface area is 192 Å². The summed E-state index contributed by atoms with van der Waals surface area (Å²) in [6.45, 7) is 1.57. The second-order valence-electron chi connectivity index (χ2n) is 6.57. The van der Waals surface area contributed by atoms with Gasteiger partial charge in [-0.3, -0.25) is 9.69 Å². The first-order valence-electron chi connectivity index (χ1n) is 9.40. The molecule has 1 N–H and O–H groups in total. The van der Waals surface area contributed by atoms with Gasteiger partial charge in [-0.25, -0.2) is 9.79 Å². The number of carbonyl (C=O) groups excluding carboxylic acids is 1. The lowest BCUT2D eigenvalue weighted by Gasteiger charge is -2.12. The van der Waals surface area contributed by atoms with Crippen molar-refractivity contribution in [3.05, 3.63) is 56.9 Å². The zero-order valence-corrected chi connectivity index (χ0v) is 19.6. The first-order chi connectivity index (χ1) is 14.8. The molecule has 0 radical (unpaired) electrons. The Morgan fingerprint density at radius 2 is 2.06 bits per heavy atom. The van der Waals surface area contributed by atoms with Crippen molar-refractivity contribution in [3.63, 3.8) is 0 Å². The maximum Gasteiger partial charge on any atom is 0.341 e. The van der Waals surface area contributed by atoms with Crippen molar-refractivity contribution in [2.75, 3.05) is 20.8 Å². The number of aryl methyl sites for hydroxylation is 1. The van der Waals surface area contributed by atoms with Crippen molar-refractivity contribution < 1.29 is 24.2 Å². The zero-order chi connectivity index (χ0) is 22.5. The molecule has 9 heteroatoms. The van der Waals surface area contributed by atoms with Crippen LogP contribution in [0.1, 0.15) is 18.1 Å². The van der Waals surface area contributed by atoms with Gasteiger partial charge in [-0.05, 0) is 69.5 Å². The van der Waals surface area contributed by atoms with Crippen LogP contribution in [0.2, 0.25) is 0 Å². The Balaban J connectivity index is 1.91. The highest BCUT2D eigenvalue weighted by Gasteiger charge is 2.30. The van der Waals surface area contributed by atoms with E-state index in [1.807, 2.05) is 24.3 Å². The molecule has 3 rings (SSSR count). The zero-order valence-electron chi connectivity index (χ0n) is 17.2. The molecule has 0 unspecified atom stereocenters. The second kappa shape index (κ2) is 10.0. The Morgan fingerprint density at radius 3 is 2.74 bits per heavy atom. The molecule has 0 aromatic heterocycles. The molecule has 0 aliphatic carbocycles. The van der Waals surface area contributed by atoms with Crippen LogP contribution < -0.4 is 9.47 Å². The molecule has 0 saturated carbocycles. The number of hydrogen-bond donors (Lipinski definition) is 1. The summed E-state index contributed by atoms with van der Waals surface area (Å²) in [5.41, 5.74) is 2.66. The van der Waals surface area contributed by atoms with Gasteiger partial charge in [0, 0.05) is 7.05 Å². The molecule has 31 heavy (non-hydrogen) atoms. The van der Waals surface area contributed by atoms with Crippen LogP contribution in [0.4, 0.5) is 5.69 Å². The lowest BCUT2D eigenvalue weighted by Crippen LogP contribution is -2.23. The van der Waals surface area contributed by atoms with Gasteiger partial charge in [0.15, 0.2) is 23.3 Å². The Morgan fingerprint density at radius 1 is 1.32 bits per heavy atom. The maximum absolute atomic E-state index is 12.8. The number of amides is 1. The number of para-hydroxylation sites is 1. The highest BCUT2D eigenvalue weighted by molar-refractivity contribution is 9.10. The third kappa shape index (κ3) is 5.29. The lowest BCUT2D eigenvalue weighted by atomic mass is 10.1. The molecular weight excluding hydrogens is 484 g/mol. The number of carbonyl (C=O) groups is 2. The maximum atomic E-state index is 12.8. The van der Waals surface area contributed by atoms with Crippen LogP contribution in [0.25, 0.3) is 6.08 Å². The number of rotatable bonds is 7.